The zero-order chi connectivity index (χ0) is 12.3. The van der Waals surface area contributed by atoms with Crippen LogP contribution in [0.15, 0.2) is 35.4 Å². The van der Waals surface area contributed by atoms with Crippen molar-refractivity contribution in [2.24, 2.45) is 5.11 Å². The van der Waals surface area contributed by atoms with Crippen LogP contribution in [0.2, 0.25) is 0 Å². The quantitative estimate of drug-likeness (QED) is 0.491. The number of likely N-dealkylation sites (tertiary alicyclic amines) is 1. The normalized spacial score (nSPS) is 28.9. The van der Waals surface area contributed by atoms with Gasteiger partial charge in [-0.15, -0.1) is 0 Å². The summed E-state index contributed by atoms with van der Waals surface area (Å²) in [6.45, 7) is 3.31. The molecule has 1 heterocycles. The summed E-state index contributed by atoms with van der Waals surface area (Å²) in [5, 5.41) is 13.5. The topological polar surface area (TPSA) is 72.2 Å². The van der Waals surface area contributed by atoms with E-state index >= 15 is 0 Å². The molecule has 1 saturated heterocycles. The first-order valence-electron chi connectivity index (χ1n) is 5.72. The first kappa shape index (κ1) is 11.9. The van der Waals surface area contributed by atoms with E-state index < -0.39 is 6.10 Å². The van der Waals surface area contributed by atoms with E-state index in [1.54, 1.807) is 0 Å². The second-order valence-electron chi connectivity index (χ2n) is 4.42. The van der Waals surface area contributed by atoms with Gasteiger partial charge in [-0.05, 0) is 18.0 Å². The van der Waals surface area contributed by atoms with E-state index in [0.29, 0.717) is 6.54 Å². The molecule has 1 N–H and O–H groups in total. The number of rotatable bonds is 3. The zero-order valence-electron chi connectivity index (χ0n) is 9.77. The number of aliphatic hydroxyl groups excluding tert-OH is 1. The molecule has 0 unspecified atom stereocenters. The molecule has 17 heavy (non-hydrogen) atoms. The van der Waals surface area contributed by atoms with Crippen molar-refractivity contribution in [3.8, 4) is 0 Å². The number of aliphatic hydroxyl groups is 1. The Kier molecular flexibility index (Phi) is 3.64. The van der Waals surface area contributed by atoms with Gasteiger partial charge in [-0.3, -0.25) is 4.90 Å². The molecule has 2 rings (SSSR count). The molecular formula is C12H16N4O. The maximum Gasteiger partial charge on any atom is 0.0798 e. The summed E-state index contributed by atoms with van der Waals surface area (Å²) in [4.78, 5) is 4.94. The van der Waals surface area contributed by atoms with Crippen molar-refractivity contribution in [1.82, 2.24) is 4.90 Å². The van der Waals surface area contributed by atoms with Crippen molar-refractivity contribution in [2.75, 3.05) is 6.54 Å². The Morgan fingerprint density at radius 3 is 2.82 bits per heavy atom. The van der Waals surface area contributed by atoms with Crippen molar-refractivity contribution in [3.63, 3.8) is 0 Å². The highest BCUT2D eigenvalue weighted by atomic mass is 16.3. The molecule has 1 aromatic carbocycles. The second kappa shape index (κ2) is 5.19. The molecule has 0 aromatic heterocycles. The zero-order valence-corrected chi connectivity index (χ0v) is 9.77. The van der Waals surface area contributed by atoms with Gasteiger partial charge in [0.05, 0.1) is 12.1 Å². The van der Waals surface area contributed by atoms with Gasteiger partial charge >= 0.3 is 0 Å². The minimum atomic E-state index is -0.565. The number of hydrogen-bond acceptors (Lipinski definition) is 3. The first-order chi connectivity index (χ1) is 8.22. The van der Waals surface area contributed by atoms with Gasteiger partial charge in [0.15, 0.2) is 0 Å². The second-order valence-corrected chi connectivity index (χ2v) is 4.42. The van der Waals surface area contributed by atoms with Crippen molar-refractivity contribution in [3.05, 3.63) is 46.3 Å². The third-order valence-corrected chi connectivity index (χ3v) is 3.30. The highest BCUT2D eigenvalue weighted by Crippen LogP contribution is 2.23. The van der Waals surface area contributed by atoms with Gasteiger partial charge in [0.1, 0.15) is 0 Å². The fourth-order valence-electron chi connectivity index (χ4n) is 2.31. The van der Waals surface area contributed by atoms with Gasteiger partial charge in [0, 0.05) is 24.0 Å². The van der Waals surface area contributed by atoms with Crippen LogP contribution >= 0.6 is 0 Å². The van der Waals surface area contributed by atoms with Crippen molar-refractivity contribution in [2.45, 2.75) is 31.7 Å². The summed E-state index contributed by atoms with van der Waals surface area (Å²) in [6.07, 6.45) is -0.565. The number of β-amino-alcohol motifs (C(OH)–C–C–N with tert-alkyl or cyclic N) is 1. The lowest BCUT2D eigenvalue weighted by Crippen LogP contribution is -2.31. The van der Waals surface area contributed by atoms with Crippen molar-refractivity contribution in [1.29, 1.82) is 0 Å². The van der Waals surface area contributed by atoms with Crippen molar-refractivity contribution >= 4 is 0 Å². The molecule has 0 radical (unpaired) electrons. The molecule has 0 aliphatic carbocycles. The maximum absolute atomic E-state index is 9.83. The van der Waals surface area contributed by atoms with E-state index in [4.69, 9.17) is 5.53 Å². The average Bonchev–Trinajstić information content (AvgIpc) is 2.59. The molecular weight excluding hydrogens is 216 g/mol. The maximum atomic E-state index is 9.83. The Labute approximate surface area is 100 Å². The Hall–Kier alpha value is -1.55. The van der Waals surface area contributed by atoms with Crippen LogP contribution in [0.5, 0.6) is 0 Å². The molecule has 3 atom stereocenters. The highest BCUT2D eigenvalue weighted by Gasteiger charge is 2.37. The molecule has 1 aliphatic heterocycles. The van der Waals surface area contributed by atoms with E-state index in [1.165, 1.54) is 5.56 Å². The number of hydrogen-bond donors (Lipinski definition) is 1. The summed E-state index contributed by atoms with van der Waals surface area (Å²) in [5.41, 5.74) is 9.67. The van der Waals surface area contributed by atoms with Crippen LogP contribution < -0.4 is 0 Å². The lowest BCUT2D eigenvalue weighted by atomic mass is 10.1. The van der Waals surface area contributed by atoms with Gasteiger partial charge < -0.3 is 5.11 Å². The van der Waals surface area contributed by atoms with Crippen LogP contribution in [0.1, 0.15) is 12.5 Å². The first-order valence-corrected chi connectivity index (χ1v) is 5.72. The van der Waals surface area contributed by atoms with Gasteiger partial charge in [-0.1, -0.05) is 35.4 Å². The third-order valence-electron chi connectivity index (χ3n) is 3.30. The molecule has 5 heteroatoms. The van der Waals surface area contributed by atoms with Crippen LogP contribution in [0.3, 0.4) is 0 Å². The van der Waals surface area contributed by atoms with E-state index in [1.807, 2.05) is 25.1 Å². The molecule has 1 aromatic rings. The number of azide groups is 1. The number of benzene rings is 1. The smallest absolute Gasteiger partial charge is 0.0798 e. The van der Waals surface area contributed by atoms with Gasteiger partial charge in [0.2, 0.25) is 0 Å². The molecule has 1 fully saturated rings. The molecule has 0 spiro atoms. The Morgan fingerprint density at radius 2 is 2.18 bits per heavy atom. The van der Waals surface area contributed by atoms with Crippen LogP contribution in [-0.2, 0) is 6.54 Å². The Balaban J connectivity index is 2.06. The minimum Gasteiger partial charge on any atom is -0.391 e. The van der Waals surface area contributed by atoms with E-state index in [2.05, 4.69) is 27.1 Å². The van der Waals surface area contributed by atoms with Crippen LogP contribution in [-0.4, -0.2) is 34.7 Å². The van der Waals surface area contributed by atoms with E-state index in [-0.39, 0.29) is 12.1 Å². The average molecular weight is 232 g/mol. The minimum absolute atomic E-state index is 0.0705. The van der Waals surface area contributed by atoms with Gasteiger partial charge in [-0.2, -0.15) is 0 Å². The van der Waals surface area contributed by atoms with Gasteiger partial charge in [-0.25, -0.2) is 0 Å². The van der Waals surface area contributed by atoms with Crippen LogP contribution in [0.25, 0.3) is 10.4 Å². The third kappa shape index (κ3) is 2.58. The van der Waals surface area contributed by atoms with E-state index in [0.717, 1.165) is 6.54 Å². The fourth-order valence-corrected chi connectivity index (χ4v) is 2.31. The highest BCUT2D eigenvalue weighted by molar-refractivity contribution is 5.15. The Morgan fingerprint density at radius 1 is 1.47 bits per heavy atom. The summed E-state index contributed by atoms with van der Waals surface area (Å²) in [5.74, 6) is 0. The largest absolute Gasteiger partial charge is 0.391 e. The van der Waals surface area contributed by atoms with Crippen LogP contribution in [0.4, 0.5) is 0 Å². The predicted molar refractivity (Wildman–Crippen MR) is 65.3 cm³/mol. The monoisotopic (exact) mass is 232 g/mol. The summed E-state index contributed by atoms with van der Waals surface area (Å²) in [6, 6.07) is 9.81. The molecule has 0 saturated carbocycles. The van der Waals surface area contributed by atoms with E-state index in [9.17, 15) is 5.11 Å². The van der Waals surface area contributed by atoms with Crippen molar-refractivity contribution < 1.29 is 5.11 Å². The molecule has 1 aliphatic rings. The lowest BCUT2D eigenvalue weighted by molar-refractivity contribution is 0.164. The van der Waals surface area contributed by atoms with Crippen LogP contribution in [0, 0.1) is 0 Å². The standard InChI is InChI=1S/C12H16N4O/c1-9-12(14-15-13)11(17)8-16(9)7-10-5-3-2-4-6-10/h2-6,9,11-12,17H,7-8H2,1H3/t9-,11-,12-/m0/s1. The molecule has 0 amide bonds. The Bertz CT molecular complexity index is 416. The van der Waals surface area contributed by atoms with Gasteiger partial charge in [0.25, 0.3) is 0 Å². The fraction of sp³-hybridized carbons (Fsp3) is 0.500. The predicted octanol–water partition coefficient (Wildman–Crippen LogP) is 1.93. The number of nitrogens with zero attached hydrogens (tertiary/aromatic N) is 4. The molecule has 0 bridgehead atoms. The summed E-state index contributed by atoms with van der Waals surface area (Å²) >= 11 is 0. The molecule has 5 nitrogen and oxygen atoms in total. The SMILES string of the molecule is C[C@H]1[C@H](N=[N+]=[N-])[C@@H](O)CN1Cc1ccccc1. The summed E-state index contributed by atoms with van der Waals surface area (Å²) in [7, 11) is 0. The molecule has 90 valence electrons. The lowest BCUT2D eigenvalue weighted by Gasteiger charge is -2.22. The summed E-state index contributed by atoms with van der Waals surface area (Å²) < 4.78 is 0.